The number of rotatable bonds is 5. The first-order chi connectivity index (χ1) is 14.6. The minimum Gasteiger partial charge on any atom is -0.489 e. The van der Waals surface area contributed by atoms with E-state index >= 15 is 0 Å². The molecule has 2 aromatic rings. The van der Waals surface area contributed by atoms with Crippen molar-refractivity contribution < 1.29 is 9.53 Å². The minimum absolute atomic E-state index is 0.343. The fourth-order valence-electron chi connectivity index (χ4n) is 6.80. The van der Waals surface area contributed by atoms with Gasteiger partial charge in [-0.3, -0.25) is 4.79 Å². The van der Waals surface area contributed by atoms with Gasteiger partial charge in [0.1, 0.15) is 12.4 Å². The predicted molar refractivity (Wildman–Crippen MR) is 121 cm³/mol. The lowest BCUT2D eigenvalue weighted by atomic mass is 9.55. The van der Waals surface area contributed by atoms with Crippen molar-refractivity contribution in [1.29, 1.82) is 0 Å². The molecule has 30 heavy (non-hydrogen) atoms. The number of hydrogen-bond donors (Lipinski definition) is 0. The van der Waals surface area contributed by atoms with Crippen LogP contribution in [0.2, 0.25) is 0 Å². The third-order valence-electron chi connectivity index (χ3n) is 8.33. The standard InChI is InChI=1S/C28H34O2/c1-3-8-20-15-22-21-12-14-28(2)13-7-11-25(28)23(21)16-26(29)24(22)17-27(20)30-18-19-9-5-4-6-10-19/h4-6,9-10,15,17,21,23,25H,3,7-8,11-14,16,18H2,1-2H3/t21-,23-,25+,28+/m1/s1. The quantitative estimate of drug-likeness (QED) is 0.533. The Morgan fingerprint density at radius 2 is 1.93 bits per heavy atom. The van der Waals surface area contributed by atoms with E-state index in [0.717, 1.165) is 42.1 Å². The number of Topliss-reactive ketones (excluding diaryl/α,β-unsaturated/α-hetero) is 1. The van der Waals surface area contributed by atoms with Crippen molar-refractivity contribution in [2.45, 2.75) is 77.7 Å². The summed E-state index contributed by atoms with van der Waals surface area (Å²) in [5, 5.41) is 0. The molecule has 0 spiro atoms. The lowest BCUT2D eigenvalue weighted by molar-refractivity contribution is 0.0526. The van der Waals surface area contributed by atoms with Crippen LogP contribution in [0.1, 0.15) is 91.8 Å². The van der Waals surface area contributed by atoms with Crippen LogP contribution in [0.15, 0.2) is 42.5 Å². The topological polar surface area (TPSA) is 26.3 Å². The number of fused-ring (bicyclic) bond motifs is 5. The van der Waals surface area contributed by atoms with Gasteiger partial charge in [0.25, 0.3) is 0 Å². The number of benzene rings is 2. The molecule has 158 valence electrons. The van der Waals surface area contributed by atoms with E-state index in [4.69, 9.17) is 4.74 Å². The molecule has 3 aliphatic rings. The monoisotopic (exact) mass is 402 g/mol. The van der Waals surface area contributed by atoms with E-state index in [9.17, 15) is 4.79 Å². The van der Waals surface area contributed by atoms with Gasteiger partial charge >= 0.3 is 0 Å². The maximum absolute atomic E-state index is 13.3. The van der Waals surface area contributed by atoms with Gasteiger partial charge in [-0.05, 0) is 78.0 Å². The minimum atomic E-state index is 0.343. The van der Waals surface area contributed by atoms with E-state index in [-0.39, 0.29) is 0 Å². The van der Waals surface area contributed by atoms with Crippen LogP contribution in [0.5, 0.6) is 5.75 Å². The summed E-state index contributed by atoms with van der Waals surface area (Å²) in [6.45, 7) is 5.26. The van der Waals surface area contributed by atoms with Crippen LogP contribution < -0.4 is 4.74 Å². The largest absolute Gasteiger partial charge is 0.489 e. The fraction of sp³-hybridized carbons (Fsp3) is 0.536. The van der Waals surface area contributed by atoms with E-state index in [1.165, 1.54) is 43.2 Å². The van der Waals surface area contributed by atoms with Crippen LogP contribution in [0.4, 0.5) is 0 Å². The molecule has 2 heteroatoms. The Labute approximate surface area is 181 Å². The molecule has 0 bridgehead atoms. The average Bonchev–Trinajstić information content (AvgIpc) is 3.16. The SMILES string of the molecule is CCCc1cc2c(cc1OCc1ccccc1)C(=O)C[C@@H]1[C@@H]2CC[C@]2(C)CCC[C@@H]12. The summed E-state index contributed by atoms with van der Waals surface area (Å²) < 4.78 is 6.26. The van der Waals surface area contributed by atoms with E-state index in [0.29, 0.717) is 29.6 Å². The van der Waals surface area contributed by atoms with Gasteiger partial charge in [0.15, 0.2) is 5.78 Å². The molecule has 0 aliphatic heterocycles. The highest BCUT2D eigenvalue weighted by atomic mass is 16.5. The van der Waals surface area contributed by atoms with Gasteiger partial charge in [-0.15, -0.1) is 0 Å². The summed E-state index contributed by atoms with van der Waals surface area (Å²) in [7, 11) is 0. The van der Waals surface area contributed by atoms with Gasteiger partial charge in [0.2, 0.25) is 0 Å². The molecule has 5 rings (SSSR count). The molecule has 0 radical (unpaired) electrons. The number of ether oxygens (including phenoxy) is 1. The van der Waals surface area contributed by atoms with Crippen molar-refractivity contribution >= 4 is 5.78 Å². The third kappa shape index (κ3) is 3.39. The van der Waals surface area contributed by atoms with Crippen molar-refractivity contribution in [3.05, 3.63) is 64.7 Å². The molecule has 0 saturated heterocycles. The maximum Gasteiger partial charge on any atom is 0.163 e. The van der Waals surface area contributed by atoms with Crippen LogP contribution in [-0.2, 0) is 13.0 Å². The van der Waals surface area contributed by atoms with Crippen molar-refractivity contribution in [3.63, 3.8) is 0 Å². The highest BCUT2D eigenvalue weighted by Gasteiger charge is 2.51. The average molecular weight is 403 g/mol. The van der Waals surface area contributed by atoms with Crippen LogP contribution in [0.3, 0.4) is 0 Å². The van der Waals surface area contributed by atoms with Gasteiger partial charge in [-0.25, -0.2) is 0 Å². The lowest BCUT2D eigenvalue weighted by Gasteiger charge is -2.48. The summed E-state index contributed by atoms with van der Waals surface area (Å²) in [6.07, 6.45) is 9.42. The zero-order chi connectivity index (χ0) is 20.7. The second-order valence-corrected chi connectivity index (χ2v) is 10.2. The van der Waals surface area contributed by atoms with Gasteiger partial charge in [-0.2, -0.15) is 0 Å². The van der Waals surface area contributed by atoms with Crippen molar-refractivity contribution in [3.8, 4) is 5.75 Å². The molecule has 0 aromatic heterocycles. The summed E-state index contributed by atoms with van der Waals surface area (Å²) in [5.74, 6) is 3.10. The molecule has 2 aromatic carbocycles. The number of ketones is 1. The molecule has 2 saturated carbocycles. The Bertz CT molecular complexity index is 931. The maximum atomic E-state index is 13.3. The molecule has 0 amide bonds. The summed E-state index contributed by atoms with van der Waals surface area (Å²) in [5.41, 5.74) is 5.20. The molecule has 2 nitrogen and oxygen atoms in total. The van der Waals surface area contributed by atoms with Crippen LogP contribution in [0, 0.1) is 17.3 Å². The first-order valence-corrected chi connectivity index (χ1v) is 12.0. The van der Waals surface area contributed by atoms with Crippen LogP contribution >= 0.6 is 0 Å². The molecule has 2 fully saturated rings. The molecular formula is C28H34O2. The second kappa shape index (κ2) is 7.87. The number of carbonyl (C=O) groups is 1. The Morgan fingerprint density at radius 3 is 2.73 bits per heavy atom. The van der Waals surface area contributed by atoms with E-state index < -0.39 is 0 Å². The zero-order valence-electron chi connectivity index (χ0n) is 18.5. The second-order valence-electron chi connectivity index (χ2n) is 10.2. The molecule has 0 heterocycles. The third-order valence-corrected chi connectivity index (χ3v) is 8.33. The summed E-state index contributed by atoms with van der Waals surface area (Å²) in [4.78, 5) is 13.3. The zero-order valence-corrected chi connectivity index (χ0v) is 18.5. The molecule has 3 aliphatic carbocycles. The molecular weight excluding hydrogens is 368 g/mol. The first-order valence-electron chi connectivity index (χ1n) is 12.0. The van der Waals surface area contributed by atoms with E-state index in [1.54, 1.807) is 0 Å². The van der Waals surface area contributed by atoms with Gasteiger partial charge in [0.05, 0.1) is 0 Å². The van der Waals surface area contributed by atoms with Crippen LogP contribution in [-0.4, -0.2) is 5.78 Å². The molecule has 0 unspecified atom stereocenters. The number of aryl methyl sites for hydroxylation is 1. The Hall–Kier alpha value is -2.09. The highest BCUT2D eigenvalue weighted by Crippen LogP contribution is 2.61. The summed E-state index contributed by atoms with van der Waals surface area (Å²) in [6, 6.07) is 14.7. The normalized spacial score (nSPS) is 29.8. The Kier molecular flexibility index (Phi) is 5.21. The van der Waals surface area contributed by atoms with Gasteiger partial charge in [0, 0.05) is 12.0 Å². The Morgan fingerprint density at radius 1 is 1.10 bits per heavy atom. The highest BCUT2D eigenvalue weighted by molar-refractivity contribution is 5.99. The summed E-state index contributed by atoms with van der Waals surface area (Å²) >= 11 is 0. The Balaban J connectivity index is 1.48. The lowest BCUT2D eigenvalue weighted by Crippen LogP contribution is -2.41. The van der Waals surface area contributed by atoms with E-state index in [1.807, 2.05) is 18.2 Å². The smallest absolute Gasteiger partial charge is 0.163 e. The number of hydrogen-bond acceptors (Lipinski definition) is 2. The van der Waals surface area contributed by atoms with Crippen LogP contribution in [0.25, 0.3) is 0 Å². The first kappa shape index (κ1) is 19.8. The van der Waals surface area contributed by atoms with Crippen molar-refractivity contribution in [2.75, 3.05) is 0 Å². The van der Waals surface area contributed by atoms with Crippen molar-refractivity contribution in [1.82, 2.24) is 0 Å². The van der Waals surface area contributed by atoms with E-state index in [2.05, 4.69) is 38.1 Å². The number of carbonyl (C=O) groups excluding carboxylic acids is 1. The van der Waals surface area contributed by atoms with Crippen molar-refractivity contribution in [2.24, 2.45) is 17.3 Å². The molecule has 0 N–H and O–H groups in total. The molecule has 4 atom stereocenters. The van der Waals surface area contributed by atoms with Gasteiger partial charge < -0.3 is 4.74 Å². The predicted octanol–water partition coefficient (Wildman–Crippen LogP) is 7.10. The fourth-order valence-corrected chi connectivity index (χ4v) is 6.80. The van der Waals surface area contributed by atoms with Gasteiger partial charge in [-0.1, -0.05) is 63.1 Å².